The lowest BCUT2D eigenvalue weighted by Gasteiger charge is -2.17. The summed E-state index contributed by atoms with van der Waals surface area (Å²) in [6.07, 6.45) is -0.0225. The molecule has 0 heterocycles. The van der Waals surface area contributed by atoms with Crippen LogP contribution in [0.5, 0.6) is 0 Å². The van der Waals surface area contributed by atoms with Crippen LogP contribution in [0.25, 0.3) is 0 Å². The Bertz CT molecular complexity index is 245. The van der Waals surface area contributed by atoms with Gasteiger partial charge in [-0.2, -0.15) is 0 Å². The van der Waals surface area contributed by atoms with Gasteiger partial charge in [0.15, 0.2) is 0 Å². The highest BCUT2D eigenvalue weighted by atomic mass is 31.2. The summed E-state index contributed by atoms with van der Waals surface area (Å²) >= 11 is 0. The van der Waals surface area contributed by atoms with Crippen LogP contribution in [0.3, 0.4) is 0 Å². The van der Waals surface area contributed by atoms with Crippen LogP contribution in [0.1, 0.15) is 39.0 Å². The van der Waals surface area contributed by atoms with Crippen molar-refractivity contribution < 1.29 is 24.0 Å². The normalized spacial score (nSPS) is 18.8. The zero-order valence-electron chi connectivity index (χ0n) is 9.16. The van der Waals surface area contributed by atoms with Crippen LogP contribution >= 0.6 is 16.1 Å². The first kappa shape index (κ1) is 16.0. The minimum absolute atomic E-state index is 0.00743. The van der Waals surface area contributed by atoms with Gasteiger partial charge < -0.3 is 20.6 Å². The van der Waals surface area contributed by atoms with Crippen molar-refractivity contribution >= 4 is 16.1 Å². The number of hydrogen-bond donors (Lipinski definition) is 2. The lowest BCUT2D eigenvalue weighted by Crippen LogP contribution is -2.28. The molecule has 0 aliphatic heterocycles. The minimum atomic E-state index is -3.04. The first-order valence-electron chi connectivity index (χ1n) is 5.09. The molecule has 94 valence electrons. The molecule has 6 nitrogen and oxygen atoms in total. The van der Waals surface area contributed by atoms with Crippen LogP contribution in [-0.4, -0.2) is 16.2 Å². The van der Waals surface area contributed by atoms with E-state index in [-0.39, 0.29) is 25.7 Å². The fourth-order valence-corrected chi connectivity index (χ4v) is 3.58. The third kappa shape index (κ3) is 4.50. The third-order valence-electron chi connectivity index (χ3n) is 2.41. The summed E-state index contributed by atoms with van der Waals surface area (Å²) in [6.45, 7) is 1.73. The van der Waals surface area contributed by atoms with Gasteiger partial charge in [0.1, 0.15) is 6.23 Å². The number of rotatable bonds is 8. The largest absolute Gasteiger partial charge is 0.592 e. The summed E-state index contributed by atoms with van der Waals surface area (Å²) in [7, 11) is -6.09. The summed E-state index contributed by atoms with van der Waals surface area (Å²) in [5.74, 6) is 0. The van der Waals surface area contributed by atoms with Crippen molar-refractivity contribution in [3.05, 3.63) is 0 Å². The molecule has 0 aliphatic rings. The van der Waals surface area contributed by atoms with Gasteiger partial charge in [0.05, 0.1) is 0 Å². The van der Waals surface area contributed by atoms with Crippen molar-refractivity contribution in [1.82, 2.24) is 0 Å². The van der Waals surface area contributed by atoms with Crippen molar-refractivity contribution in [1.29, 1.82) is 0 Å². The first-order valence-corrected chi connectivity index (χ1v) is 7.45. The monoisotopic (exact) mass is 269 g/mol. The SMILES string of the molecule is CCCC(CCCC(N)O)([P+](=O)[O-])[P+](=O)[O-]. The standard InChI is InChI=1S/C8H17NO5P2/c1-2-5-8(15(11)12,16(13)14)6-3-4-7(9)10/h7,10H,2-6,9H2,1H3. The average Bonchev–Trinajstić information content (AvgIpc) is 2.14. The van der Waals surface area contributed by atoms with E-state index in [1.54, 1.807) is 6.92 Å². The van der Waals surface area contributed by atoms with Gasteiger partial charge in [0.25, 0.3) is 0 Å². The molecule has 3 atom stereocenters. The smallest absolute Gasteiger partial charge is 0.367 e. The van der Waals surface area contributed by atoms with E-state index in [9.17, 15) is 18.9 Å². The van der Waals surface area contributed by atoms with Gasteiger partial charge in [-0.25, -0.2) is 0 Å². The van der Waals surface area contributed by atoms with Crippen molar-refractivity contribution in [3.8, 4) is 0 Å². The summed E-state index contributed by atoms with van der Waals surface area (Å²) in [6, 6.07) is 0. The van der Waals surface area contributed by atoms with Crippen LogP contribution in [0, 0.1) is 0 Å². The third-order valence-corrected chi connectivity index (χ3v) is 5.64. The molecule has 0 saturated heterocycles. The summed E-state index contributed by atoms with van der Waals surface area (Å²) in [4.78, 5) is 20.5. The van der Waals surface area contributed by atoms with Gasteiger partial charge in [-0.05, 0) is 19.3 Å². The average molecular weight is 269 g/mol. The highest BCUT2D eigenvalue weighted by Gasteiger charge is 2.54. The molecule has 0 fully saturated rings. The second-order valence-corrected chi connectivity index (χ2v) is 6.80. The topological polar surface area (TPSA) is 127 Å². The molecule has 0 aliphatic carbocycles. The fourth-order valence-electron chi connectivity index (χ4n) is 1.55. The van der Waals surface area contributed by atoms with E-state index < -0.39 is 27.2 Å². The molecule has 3 unspecified atom stereocenters. The number of aliphatic hydroxyl groups is 1. The Morgan fingerprint density at radius 2 is 1.81 bits per heavy atom. The lowest BCUT2D eigenvalue weighted by atomic mass is 10.1. The maximum Gasteiger partial charge on any atom is 0.367 e. The molecule has 0 radical (unpaired) electrons. The Hall–Kier alpha value is 0.0400. The van der Waals surface area contributed by atoms with E-state index in [2.05, 4.69) is 0 Å². The van der Waals surface area contributed by atoms with E-state index in [1.165, 1.54) is 0 Å². The van der Waals surface area contributed by atoms with Gasteiger partial charge in [-0.15, -0.1) is 0 Å². The van der Waals surface area contributed by atoms with Crippen molar-refractivity contribution in [2.75, 3.05) is 0 Å². The predicted molar refractivity (Wildman–Crippen MR) is 56.9 cm³/mol. The molecule has 3 N–H and O–H groups in total. The molecule has 8 heteroatoms. The van der Waals surface area contributed by atoms with Crippen LogP contribution in [0.4, 0.5) is 0 Å². The molecule has 0 aromatic carbocycles. The van der Waals surface area contributed by atoms with E-state index in [1.807, 2.05) is 0 Å². The fraction of sp³-hybridized carbons (Fsp3) is 1.00. The van der Waals surface area contributed by atoms with Crippen molar-refractivity contribution in [2.24, 2.45) is 5.73 Å². The van der Waals surface area contributed by atoms with E-state index in [0.717, 1.165) is 0 Å². The first-order chi connectivity index (χ1) is 7.36. The molecule has 0 amide bonds. The quantitative estimate of drug-likeness (QED) is 0.476. The van der Waals surface area contributed by atoms with Crippen LogP contribution in [0.15, 0.2) is 0 Å². The highest BCUT2D eigenvalue weighted by molar-refractivity contribution is 7.58. The molecule has 0 saturated carbocycles. The van der Waals surface area contributed by atoms with Gasteiger partial charge in [-0.1, -0.05) is 16.1 Å². The molecular weight excluding hydrogens is 252 g/mol. The van der Waals surface area contributed by atoms with E-state index in [4.69, 9.17) is 10.8 Å². The number of hydrogen-bond acceptors (Lipinski definition) is 6. The Labute approximate surface area is 96.6 Å². The minimum Gasteiger partial charge on any atom is -0.592 e. The molecule has 0 aromatic heterocycles. The molecule has 0 aromatic rings. The lowest BCUT2D eigenvalue weighted by molar-refractivity contribution is -0.179. The molecule has 0 rings (SSSR count). The number of aliphatic hydroxyl groups excluding tert-OH is 1. The zero-order chi connectivity index (χ0) is 12.8. The van der Waals surface area contributed by atoms with Gasteiger partial charge in [0, 0.05) is 12.8 Å². The second-order valence-electron chi connectivity index (χ2n) is 3.71. The second kappa shape index (κ2) is 7.38. The molecule has 0 spiro atoms. The molecular formula is C8H17NO5P2. The van der Waals surface area contributed by atoms with E-state index >= 15 is 0 Å². The summed E-state index contributed by atoms with van der Waals surface area (Å²) in [5, 5.41) is 8.83. The van der Waals surface area contributed by atoms with Gasteiger partial charge in [0.2, 0.25) is 0 Å². The predicted octanol–water partition coefficient (Wildman–Crippen LogP) is 0.136. The molecule has 16 heavy (non-hydrogen) atoms. The van der Waals surface area contributed by atoms with E-state index in [0.29, 0.717) is 6.42 Å². The van der Waals surface area contributed by atoms with Crippen LogP contribution < -0.4 is 15.5 Å². The number of nitrogens with two attached hydrogens (primary N) is 1. The van der Waals surface area contributed by atoms with Crippen molar-refractivity contribution in [3.63, 3.8) is 0 Å². The van der Waals surface area contributed by atoms with Crippen LogP contribution in [0.2, 0.25) is 0 Å². The Morgan fingerprint density at radius 3 is 2.12 bits per heavy atom. The van der Waals surface area contributed by atoms with Gasteiger partial charge >= 0.3 is 21.0 Å². The zero-order valence-corrected chi connectivity index (χ0v) is 11.0. The van der Waals surface area contributed by atoms with Gasteiger partial charge in [-0.3, -0.25) is 0 Å². The highest BCUT2D eigenvalue weighted by Crippen LogP contribution is 2.53. The maximum atomic E-state index is 11.1. The van der Waals surface area contributed by atoms with Crippen molar-refractivity contribution in [2.45, 2.75) is 50.2 Å². The summed E-state index contributed by atoms with van der Waals surface area (Å²) < 4.78 is 22.2. The summed E-state index contributed by atoms with van der Waals surface area (Å²) in [5.41, 5.74) is 5.10. The van der Waals surface area contributed by atoms with Crippen LogP contribution in [-0.2, 0) is 9.13 Å². The molecule has 0 bridgehead atoms. The Balaban J connectivity index is 4.63. The Morgan fingerprint density at radius 1 is 1.31 bits per heavy atom. The Kier molecular flexibility index (Phi) is 7.40. The maximum absolute atomic E-state index is 11.1.